The molecule has 1 aliphatic rings. The second-order valence-electron chi connectivity index (χ2n) is 5.61. The van der Waals surface area contributed by atoms with Crippen LogP contribution in [0.1, 0.15) is 48.0 Å². The summed E-state index contributed by atoms with van der Waals surface area (Å²) in [7, 11) is 0. The van der Waals surface area contributed by atoms with Gasteiger partial charge in [-0.15, -0.1) is 0 Å². The molecule has 0 aliphatic heterocycles. The van der Waals surface area contributed by atoms with Crippen LogP contribution in [0.4, 0.5) is 0 Å². The Morgan fingerprint density at radius 2 is 2.05 bits per heavy atom. The fourth-order valence-electron chi connectivity index (χ4n) is 2.84. The largest absolute Gasteiger partial charge is 0.351 e. The Labute approximate surface area is 127 Å². The van der Waals surface area contributed by atoms with Crippen molar-refractivity contribution in [2.24, 2.45) is 0 Å². The number of aromatic nitrogens is 3. The predicted molar refractivity (Wildman–Crippen MR) is 78.5 cm³/mol. The van der Waals surface area contributed by atoms with Gasteiger partial charge in [0.05, 0.1) is 17.9 Å². The lowest BCUT2D eigenvalue weighted by Crippen LogP contribution is -2.39. The van der Waals surface area contributed by atoms with E-state index in [0.29, 0.717) is 0 Å². The van der Waals surface area contributed by atoms with Gasteiger partial charge in [-0.25, -0.2) is 4.68 Å². The summed E-state index contributed by atoms with van der Waals surface area (Å²) in [5.74, 6) is -0.0227. The van der Waals surface area contributed by atoms with Crippen LogP contribution in [0.3, 0.4) is 0 Å². The lowest BCUT2D eigenvalue weighted by Gasteiger charge is -2.29. The monoisotopic (exact) mass is 302 g/mol. The lowest BCUT2D eigenvalue weighted by molar-refractivity contribution is 0.0884. The average molecular weight is 302 g/mol. The van der Waals surface area contributed by atoms with Gasteiger partial charge in [-0.3, -0.25) is 9.59 Å². The van der Waals surface area contributed by atoms with Gasteiger partial charge >= 0.3 is 0 Å². The summed E-state index contributed by atoms with van der Waals surface area (Å²) in [6.45, 7) is 1.87. The molecule has 0 unspecified atom stereocenters. The highest BCUT2D eigenvalue weighted by atomic mass is 16.5. The van der Waals surface area contributed by atoms with Gasteiger partial charge in [0.25, 0.3) is 11.5 Å². The zero-order valence-corrected chi connectivity index (χ0v) is 12.4. The molecule has 116 valence electrons. The van der Waals surface area contributed by atoms with Gasteiger partial charge < -0.3 is 9.84 Å². The van der Waals surface area contributed by atoms with Crippen LogP contribution in [0.2, 0.25) is 0 Å². The number of hydrogen-bond donors (Lipinski definition) is 1. The molecule has 22 heavy (non-hydrogen) atoms. The maximum atomic E-state index is 11.9. The van der Waals surface area contributed by atoms with Gasteiger partial charge in [0.1, 0.15) is 0 Å². The zero-order valence-electron chi connectivity index (χ0n) is 12.4. The summed E-state index contributed by atoms with van der Waals surface area (Å²) < 4.78 is 6.41. The molecule has 3 rings (SSSR count). The van der Waals surface area contributed by atoms with E-state index in [1.54, 1.807) is 16.8 Å². The number of carbonyl (C=O) groups is 1. The van der Waals surface area contributed by atoms with Crippen LogP contribution in [0.25, 0.3) is 0 Å². The molecular formula is C15H18N4O3. The van der Waals surface area contributed by atoms with E-state index in [2.05, 4.69) is 15.6 Å². The minimum atomic E-state index is -0.244. The van der Waals surface area contributed by atoms with Gasteiger partial charge in [-0.2, -0.15) is 5.10 Å². The third kappa shape index (κ3) is 3.08. The molecule has 0 atom stereocenters. The number of nitrogens with zero attached hydrogens (tertiary/aromatic N) is 3. The minimum Gasteiger partial charge on any atom is -0.351 e. The summed E-state index contributed by atoms with van der Waals surface area (Å²) in [5.41, 5.74) is 0.764. The lowest BCUT2D eigenvalue weighted by atomic mass is 9.91. The van der Waals surface area contributed by atoms with Gasteiger partial charge in [-0.1, -0.05) is 5.16 Å². The zero-order chi connectivity index (χ0) is 15.5. The molecule has 0 spiro atoms. The van der Waals surface area contributed by atoms with Crippen molar-refractivity contribution in [3.05, 3.63) is 46.2 Å². The molecule has 2 heterocycles. The Morgan fingerprint density at radius 3 is 2.73 bits per heavy atom. The second-order valence-corrected chi connectivity index (χ2v) is 5.61. The summed E-state index contributed by atoms with van der Waals surface area (Å²) in [6.07, 6.45) is 4.70. The highest BCUT2D eigenvalue weighted by molar-refractivity contribution is 5.91. The van der Waals surface area contributed by atoms with E-state index in [-0.39, 0.29) is 29.3 Å². The number of rotatable bonds is 3. The van der Waals surface area contributed by atoms with Crippen molar-refractivity contribution in [2.45, 2.75) is 44.7 Å². The highest BCUT2D eigenvalue weighted by Gasteiger charge is 2.25. The van der Waals surface area contributed by atoms with Crippen molar-refractivity contribution in [3.8, 4) is 0 Å². The van der Waals surface area contributed by atoms with E-state index in [4.69, 9.17) is 4.52 Å². The van der Waals surface area contributed by atoms with Crippen LogP contribution in [0.5, 0.6) is 0 Å². The number of carbonyl (C=O) groups excluding carboxylic acids is 1. The van der Waals surface area contributed by atoms with Crippen molar-refractivity contribution < 1.29 is 9.32 Å². The first kappa shape index (κ1) is 14.5. The van der Waals surface area contributed by atoms with Gasteiger partial charge in [0.15, 0.2) is 0 Å². The van der Waals surface area contributed by atoms with Gasteiger partial charge in [0, 0.05) is 18.2 Å². The van der Waals surface area contributed by atoms with Gasteiger partial charge in [0.2, 0.25) is 5.76 Å². The number of amides is 1. The topological polar surface area (TPSA) is 90.0 Å². The van der Waals surface area contributed by atoms with Crippen LogP contribution in [-0.2, 0) is 0 Å². The molecule has 1 N–H and O–H groups in total. The second kappa shape index (κ2) is 6.13. The Hall–Kier alpha value is -2.44. The first-order valence-corrected chi connectivity index (χ1v) is 7.41. The van der Waals surface area contributed by atoms with E-state index in [9.17, 15) is 9.59 Å². The van der Waals surface area contributed by atoms with E-state index in [0.717, 1.165) is 31.4 Å². The van der Waals surface area contributed by atoms with E-state index in [1.165, 1.54) is 12.3 Å². The Kier molecular flexibility index (Phi) is 4.04. The SMILES string of the molecule is Cc1ccc(=O)n(C2CCC(NC(=O)c3ccno3)CC2)n1. The Morgan fingerprint density at radius 1 is 1.27 bits per heavy atom. The molecule has 1 fully saturated rings. The molecule has 0 aromatic carbocycles. The quantitative estimate of drug-likeness (QED) is 0.927. The molecule has 1 saturated carbocycles. The molecule has 0 bridgehead atoms. The molecule has 0 radical (unpaired) electrons. The Balaban J connectivity index is 1.59. The van der Waals surface area contributed by atoms with Crippen molar-refractivity contribution >= 4 is 5.91 Å². The van der Waals surface area contributed by atoms with Crippen LogP contribution in [0.15, 0.2) is 33.7 Å². The first-order valence-electron chi connectivity index (χ1n) is 7.41. The summed E-state index contributed by atoms with van der Waals surface area (Å²) in [5, 5.41) is 10.8. The molecule has 0 saturated heterocycles. The molecule has 7 heteroatoms. The summed E-state index contributed by atoms with van der Waals surface area (Å²) >= 11 is 0. The van der Waals surface area contributed by atoms with Crippen LogP contribution in [0, 0.1) is 6.92 Å². The molecule has 7 nitrogen and oxygen atoms in total. The van der Waals surface area contributed by atoms with E-state index >= 15 is 0 Å². The fraction of sp³-hybridized carbons (Fsp3) is 0.467. The van der Waals surface area contributed by atoms with Crippen molar-refractivity contribution in [1.29, 1.82) is 0 Å². The third-order valence-electron chi connectivity index (χ3n) is 4.00. The first-order chi connectivity index (χ1) is 10.6. The number of hydrogen-bond acceptors (Lipinski definition) is 5. The van der Waals surface area contributed by atoms with Crippen LogP contribution < -0.4 is 10.9 Å². The smallest absolute Gasteiger partial charge is 0.290 e. The molecular weight excluding hydrogens is 284 g/mol. The number of aryl methyl sites for hydroxylation is 1. The molecule has 2 aromatic rings. The normalized spacial score (nSPS) is 21.5. The summed E-state index contributed by atoms with van der Waals surface area (Å²) in [4.78, 5) is 23.8. The Bertz CT molecular complexity index is 700. The standard InChI is InChI=1S/C15H18N4O3/c1-10-2-7-14(20)19(18-10)12-5-3-11(4-6-12)17-15(21)13-8-9-16-22-13/h2,7-9,11-12H,3-6H2,1H3,(H,17,21). The fourth-order valence-corrected chi connectivity index (χ4v) is 2.84. The average Bonchev–Trinajstić information content (AvgIpc) is 3.05. The molecule has 1 amide bonds. The van der Waals surface area contributed by atoms with Crippen molar-refractivity contribution in [1.82, 2.24) is 20.3 Å². The van der Waals surface area contributed by atoms with Crippen molar-refractivity contribution in [3.63, 3.8) is 0 Å². The summed E-state index contributed by atoms with van der Waals surface area (Å²) in [6, 6.07) is 5.01. The maximum absolute atomic E-state index is 11.9. The highest BCUT2D eigenvalue weighted by Crippen LogP contribution is 2.27. The predicted octanol–water partition coefficient (Wildman–Crippen LogP) is 1.45. The van der Waals surface area contributed by atoms with E-state index < -0.39 is 0 Å². The minimum absolute atomic E-state index is 0.0697. The number of nitrogens with one attached hydrogen (secondary N) is 1. The third-order valence-corrected chi connectivity index (χ3v) is 4.00. The molecule has 2 aromatic heterocycles. The van der Waals surface area contributed by atoms with Crippen LogP contribution in [-0.4, -0.2) is 26.9 Å². The maximum Gasteiger partial charge on any atom is 0.290 e. The van der Waals surface area contributed by atoms with Crippen LogP contribution >= 0.6 is 0 Å². The van der Waals surface area contributed by atoms with Crippen molar-refractivity contribution in [2.75, 3.05) is 0 Å². The van der Waals surface area contributed by atoms with Gasteiger partial charge in [-0.05, 0) is 38.7 Å². The molecule has 1 aliphatic carbocycles. The van der Waals surface area contributed by atoms with E-state index in [1.807, 2.05) is 6.92 Å².